The van der Waals surface area contributed by atoms with Gasteiger partial charge in [-0.3, -0.25) is 4.98 Å². The molecule has 0 saturated heterocycles. The number of aromatic nitrogens is 1. The summed E-state index contributed by atoms with van der Waals surface area (Å²) in [6.45, 7) is 1.84. The van der Waals surface area contributed by atoms with Gasteiger partial charge in [-0.2, -0.15) is 0 Å². The van der Waals surface area contributed by atoms with E-state index in [1.165, 1.54) is 13.3 Å². The number of ether oxygens (including phenoxy) is 1. The van der Waals surface area contributed by atoms with Crippen molar-refractivity contribution in [2.75, 3.05) is 7.11 Å². The number of rotatable bonds is 2. The second kappa shape index (κ2) is 5.14. The van der Waals surface area contributed by atoms with E-state index in [1.54, 1.807) is 12.1 Å². The SMILES string of the molecule is COC(=O)c1cnc2c(Cl)c(C)ccc2c1N=[N+]=[N-]. The standard InChI is InChI=1S/C12H9ClN4O2/c1-6-3-4-7-10(16-17-14)8(12(18)19-2)5-15-11(7)9(6)13/h3-5H,1-2H3. The van der Waals surface area contributed by atoms with Gasteiger partial charge in [-0.05, 0) is 18.0 Å². The highest BCUT2D eigenvalue weighted by atomic mass is 35.5. The highest BCUT2D eigenvalue weighted by molar-refractivity contribution is 6.36. The molecule has 0 fully saturated rings. The van der Waals surface area contributed by atoms with E-state index < -0.39 is 5.97 Å². The number of carbonyl (C=O) groups is 1. The first-order valence-electron chi connectivity index (χ1n) is 5.31. The molecule has 0 N–H and O–H groups in total. The Morgan fingerprint density at radius 1 is 1.53 bits per heavy atom. The van der Waals surface area contributed by atoms with E-state index >= 15 is 0 Å². The van der Waals surface area contributed by atoms with Crippen LogP contribution in [-0.4, -0.2) is 18.1 Å². The average molecular weight is 277 g/mol. The first-order valence-corrected chi connectivity index (χ1v) is 5.69. The molecule has 6 nitrogen and oxygen atoms in total. The number of benzene rings is 1. The van der Waals surface area contributed by atoms with Crippen molar-refractivity contribution in [3.05, 3.63) is 44.9 Å². The Morgan fingerprint density at radius 2 is 2.26 bits per heavy atom. The summed E-state index contributed by atoms with van der Waals surface area (Å²) >= 11 is 6.15. The fourth-order valence-electron chi connectivity index (χ4n) is 1.73. The van der Waals surface area contributed by atoms with E-state index in [2.05, 4.69) is 19.7 Å². The normalized spacial score (nSPS) is 10.1. The second-order valence-corrected chi connectivity index (χ2v) is 4.17. The maximum atomic E-state index is 11.6. The smallest absolute Gasteiger partial charge is 0.339 e. The topological polar surface area (TPSA) is 88.0 Å². The number of hydrogen-bond donors (Lipinski definition) is 0. The van der Waals surface area contributed by atoms with Crippen LogP contribution in [0.4, 0.5) is 5.69 Å². The van der Waals surface area contributed by atoms with Crippen LogP contribution in [0.15, 0.2) is 23.4 Å². The van der Waals surface area contributed by atoms with Gasteiger partial charge in [0.1, 0.15) is 0 Å². The molecule has 1 aromatic heterocycles. The van der Waals surface area contributed by atoms with Crippen molar-refractivity contribution in [1.29, 1.82) is 0 Å². The molecule has 19 heavy (non-hydrogen) atoms. The predicted molar refractivity (Wildman–Crippen MR) is 71.6 cm³/mol. The Bertz CT molecular complexity index is 723. The number of azide groups is 1. The molecule has 1 heterocycles. The Hall–Kier alpha value is -2.30. The molecule has 0 aliphatic rings. The zero-order valence-electron chi connectivity index (χ0n) is 10.2. The van der Waals surface area contributed by atoms with Gasteiger partial charge in [-0.1, -0.05) is 28.8 Å². The van der Waals surface area contributed by atoms with Crippen LogP contribution >= 0.6 is 11.6 Å². The molecule has 0 unspecified atom stereocenters. The van der Waals surface area contributed by atoms with Crippen molar-refractivity contribution < 1.29 is 9.53 Å². The summed E-state index contributed by atoms with van der Waals surface area (Å²) in [4.78, 5) is 18.5. The molecule has 0 atom stereocenters. The molecular weight excluding hydrogens is 268 g/mol. The summed E-state index contributed by atoms with van der Waals surface area (Å²) in [5, 5.41) is 4.53. The Labute approximate surface area is 113 Å². The van der Waals surface area contributed by atoms with Crippen LogP contribution in [0.2, 0.25) is 5.02 Å². The summed E-state index contributed by atoms with van der Waals surface area (Å²) in [5.41, 5.74) is 10.2. The van der Waals surface area contributed by atoms with Crippen molar-refractivity contribution in [1.82, 2.24) is 4.98 Å². The van der Waals surface area contributed by atoms with E-state index in [4.69, 9.17) is 17.1 Å². The maximum absolute atomic E-state index is 11.6. The number of carbonyl (C=O) groups excluding carboxylic acids is 1. The van der Waals surface area contributed by atoms with Crippen LogP contribution in [0, 0.1) is 6.92 Å². The molecule has 0 spiro atoms. The fourth-order valence-corrected chi connectivity index (χ4v) is 1.94. The predicted octanol–water partition coefficient (Wildman–Crippen LogP) is 3.93. The highest BCUT2D eigenvalue weighted by Crippen LogP contribution is 2.34. The largest absolute Gasteiger partial charge is 0.465 e. The average Bonchev–Trinajstić information content (AvgIpc) is 2.42. The number of methoxy groups -OCH3 is 1. The number of fused-ring (bicyclic) bond motifs is 1. The molecular formula is C12H9ClN4O2. The molecule has 2 aromatic rings. The highest BCUT2D eigenvalue weighted by Gasteiger charge is 2.16. The third kappa shape index (κ3) is 2.19. The van der Waals surface area contributed by atoms with Crippen molar-refractivity contribution >= 4 is 34.2 Å². The lowest BCUT2D eigenvalue weighted by atomic mass is 10.1. The summed E-state index contributed by atoms with van der Waals surface area (Å²) < 4.78 is 4.63. The van der Waals surface area contributed by atoms with Gasteiger partial charge >= 0.3 is 5.97 Å². The molecule has 0 aliphatic heterocycles. The Morgan fingerprint density at radius 3 is 2.89 bits per heavy atom. The van der Waals surface area contributed by atoms with Gasteiger partial charge in [0.25, 0.3) is 0 Å². The van der Waals surface area contributed by atoms with E-state index in [-0.39, 0.29) is 11.3 Å². The van der Waals surface area contributed by atoms with E-state index in [0.717, 1.165) is 5.56 Å². The number of pyridine rings is 1. The minimum Gasteiger partial charge on any atom is -0.465 e. The number of aryl methyl sites for hydroxylation is 1. The summed E-state index contributed by atoms with van der Waals surface area (Å²) in [6, 6.07) is 3.48. The maximum Gasteiger partial charge on any atom is 0.339 e. The first-order chi connectivity index (χ1) is 9.10. The van der Waals surface area contributed by atoms with Crippen LogP contribution in [-0.2, 0) is 4.74 Å². The molecule has 2 rings (SSSR count). The number of nitrogens with zero attached hydrogens (tertiary/aromatic N) is 4. The van der Waals surface area contributed by atoms with Crippen LogP contribution in [0.25, 0.3) is 21.3 Å². The molecule has 0 aliphatic carbocycles. The van der Waals surface area contributed by atoms with Crippen molar-refractivity contribution in [2.24, 2.45) is 5.11 Å². The lowest BCUT2D eigenvalue weighted by Crippen LogP contribution is -2.03. The zero-order chi connectivity index (χ0) is 14.0. The molecule has 96 valence electrons. The van der Waals surface area contributed by atoms with Gasteiger partial charge in [0.15, 0.2) is 0 Å². The van der Waals surface area contributed by atoms with Crippen LogP contribution < -0.4 is 0 Å². The van der Waals surface area contributed by atoms with Gasteiger partial charge in [0.05, 0.1) is 28.9 Å². The molecule has 0 amide bonds. The molecule has 0 saturated carbocycles. The van der Waals surface area contributed by atoms with Crippen LogP contribution in [0.3, 0.4) is 0 Å². The van der Waals surface area contributed by atoms with Gasteiger partial charge < -0.3 is 4.74 Å². The van der Waals surface area contributed by atoms with Crippen LogP contribution in [0.5, 0.6) is 0 Å². The minimum absolute atomic E-state index is 0.104. The van der Waals surface area contributed by atoms with Gasteiger partial charge in [-0.15, -0.1) is 0 Å². The third-order valence-corrected chi connectivity index (χ3v) is 3.17. The molecule has 1 aromatic carbocycles. The van der Waals surface area contributed by atoms with E-state index in [1.807, 2.05) is 6.92 Å². The lowest BCUT2D eigenvalue weighted by molar-refractivity contribution is 0.0601. The third-order valence-electron chi connectivity index (χ3n) is 2.69. The molecule has 7 heteroatoms. The van der Waals surface area contributed by atoms with E-state index in [9.17, 15) is 4.79 Å². The van der Waals surface area contributed by atoms with Crippen molar-refractivity contribution in [3.8, 4) is 0 Å². The van der Waals surface area contributed by atoms with Crippen LogP contribution in [0.1, 0.15) is 15.9 Å². The Kier molecular flexibility index (Phi) is 3.55. The number of esters is 1. The second-order valence-electron chi connectivity index (χ2n) is 3.79. The summed E-state index contributed by atoms with van der Waals surface area (Å²) in [5.74, 6) is -0.617. The first kappa shape index (κ1) is 13.1. The van der Waals surface area contributed by atoms with Crippen molar-refractivity contribution in [2.45, 2.75) is 6.92 Å². The monoisotopic (exact) mass is 276 g/mol. The molecule has 0 bridgehead atoms. The van der Waals surface area contributed by atoms with Gasteiger partial charge in [-0.25, -0.2) is 4.79 Å². The summed E-state index contributed by atoms with van der Waals surface area (Å²) in [7, 11) is 1.24. The zero-order valence-corrected chi connectivity index (χ0v) is 11.0. The van der Waals surface area contributed by atoms with Crippen molar-refractivity contribution in [3.63, 3.8) is 0 Å². The Balaban J connectivity index is 2.89. The summed E-state index contributed by atoms with van der Waals surface area (Å²) in [6.07, 6.45) is 1.30. The quantitative estimate of drug-likeness (QED) is 0.360. The fraction of sp³-hybridized carbons (Fsp3) is 0.167. The minimum atomic E-state index is -0.617. The lowest BCUT2D eigenvalue weighted by Gasteiger charge is -2.08. The number of halogens is 1. The van der Waals surface area contributed by atoms with E-state index in [0.29, 0.717) is 15.9 Å². The van der Waals surface area contributed by atoms with Gasteiger partial charge in [0, 0.05) is 16.5 Å². The van der Waals surface area contributed by atoms with Gasteiger partial charge in [0.2, 0.25) is 0 Å². The molecule has 0 radical (unpaired) electrons. The number of hydrogen-bond acceptors (Lipinski definition) is 4.